The van der Waals surface area contributed by atoms with Crippen LogP contribution in [0.15, 0.2) is 40.8 Å². The summed E-state index contributed by atoms with van der Waals surface area (Å²) in [6.07, 6.45) is 0. The average molecular weight is 264 g/mol. The highest BCUT2D eigenvalue weighted by molar-refractivity contribution is 6.29. The van der Waals surface area contributed by atoms with Crippen molar-refractivity contribution in [2.45, 2.75) is 6.92 Å². The van der Waals surface area contributed by atoms with E-state index in [2.05, 4.69) is 5.32 Å². The van der Waals surface area contributed by atoms with Gasteiger partial charge in [-0.15, -0.1) is 0 Å². The lowest BCUT2D eigenvalue weighted by Crippen LogP contribution is -2.11. The maximum Gasteiger partial charge on any atom is 0.291 e. The second kappa shape index (κ2) is 5.06. The maximum absolute atomic E-state index is 11.8. The van der Waals surface area contributed by atoms with E-state index in [9.17, 15) is 9.59 Å². The second-order valence-electron chi connectivity index (χ2n) is 3.69. The molecule has 18 heavy (non-hydrogen) atoms. The van der Waals surface area contributed by atoms with E-state index < -0.39 is 5.91 Å². The van der Waals surface area contributed by atoms with Gasteiger partial charge >= 0.3 is 0 Å². The van der Waals surface area contributed by atoms with Crippen LogP contribution in [-0.2, 0) is 0 Å². The fourth-order valence-corrected chi connectivity index (χ4v) is 1.59. The van der Waals surface area contributed by atoms with Crippen molar-refractivity contribution in [3.63, 3.8) is 0 Å². The minimum Gasteiger partial charge on any atom is -0.440 e. The molecule has 1 amide bonds. The molecule has 4 nitrogen and oxygen atoms in total. The lowest BCUT2D eigenvalue weighted by atomic mass is 10.1. The molecular formula is C13H10ClNO3. The lowest BCUT2D eigenvalue weighted by molar-refractivity contribution is 0.0992. The molecule has 0 aliphatic rings. The minimum atomic E-state index is -0.414. The van der Waals surface area contributed by atoms with Crippen LogP contribution < -0.4 is 5.32 Å². The Hall–Kier alpha value is -2.07. The molecule has 0 atom stereocenters. The molecule has 0 aliphatic heterocycles. The van der Waals surface area contributed by atoms with Crippen LogP contribution in [0.25, 0.3) is 0 Å². The standard InChI is InChI=1S/C13H10ClNO3/c1-8(16)9-3-2-4-10(7-9)15-13(17)11-5-6-12(14)18-11/h2-7H,1H3,(H,15,17). The van der Waals surface area contributed by atoms with Crippen LogP contribution in [0.3, 0.4) is 0 Å². The number of carbonyl (C=O) groups is 2. The van der Waals surface area contributed by atoms with Crippen LogP contribution in [0.5, 0.6) is 0 Å². The molecule has 1 aromatic carbocycles. The van der Waals surface area contributed by atoms with Crippen molar-refractivity contribution in [1.29, 1.82) is 0 Å². The van der Waals surface area contributed by atoms with Crippen LogP contribution in [0, 0.1) is 0 Å². The Morgan fingerprint density at radius 2 is 2.00 bits per heavy atom. The summed E-state index contributed by atoms with van der Waals surface area (Å²) >= 11 is 5.58. The van der Waals surface area contributed by atoms with Crippen LogP contribution in [0.1, 0.15) is 27.8 Å². The van der Waals surface area contributed by atoms with Crippen molar-refractivity contribution in [3.05, 3.63) is 52.9 Å². The second-order valence-corrected chi connectivity index (χ2v) is 4.07. The van der Waals surface area contributed by atoms with Gasteiger partial charge in [-0.2, -0.15) is 0 Å². The molecule has 1 aromatic heterocycles. The van der Waals surface area contributed by atoms with Crippen LogP contribution in [0.2, 0.25) is 5.22 Å². The van der Waals surface area contributed by atoms with Gasteiger partial charge in [0.2, 0.25) is 0 Å². The summed E-state index contributed by atoms with van der Waals surface area (Å²) in [7, 11) is 0. The highest BCUT2D eigenvalue weighted by Crippen LogP contribution is 2.16. The largest absolute Gasteiger partial charge is 0.440 e. The predicted octanol–water partition coefficient (Wildman–Crippen LogP) is 3.39. The number of Topliss-reactive ketones (excluding diaryl/α,β-unsaturated/α-hetero) is 1. The number of furan rings is 1. The Kier molecular flexibility index (Phi) is 3.48. The zero-order valence-corrected chi connectivity index (χ0v) is 10.3. The molecule has 92 valence electrons. The van der Waals surface area contributed by atoms with Gasteiger partial charge in [-0.05, 0) is 42.8 Å². The van der Waals surface area contributed by atoms with Gasteiger partial charge in [-0.25, -0.2) is 0 Å². The van der Waals surface area contributed by atoms with Gasteiger partial charge in [0, 0.05) is 11.3 Å². The van der Waals surface area contributed by atoms with E-state index in [-0.39, 0.29) is 16.8 Å². The Balaban J connectivity index is 2.16. The highest BCUT2D eigenvalue weighted by Gasteiger charge is 2.11. The molecule has 0 radical (unpaired) electrons. The minimum absolute atomic E-state index is 0.0628. The van der Waals surface area contributed by atoms with Crippen molar-refractivity contribution < 1.29 is 14.0 Å². The van der Waals surface area contributed by atoms with Gasteiger partial charge in [-0.3, -0.25) is 9.59 Å². The van der Waals surface area contributed by atoms with E-state index in [1.54, 1.807) is 24.3 Å². The molecule has 0 unspecified atom stereocenters. The van der Waals surface area contributed by atoms with Crippen molar-refractivity contribution in [2.75, 3.05) is 5.32 Å². The number of amides is 1. The van der Waals surface area contributed by atoms with Gasteiger partial charge < -0.3 is 9.73 Å². The van der Waals surface area contributed by atoms with Gasteiger partial charge in [0.05, 0.1) is 0 Å². The first-order valence-corrected chi connectivity index (χ1v) is 5.62. The number of benzene rings is 1. The van der Waals surface area contributed by atoms with Gasteiger partial charge in [0.15, 0.2) is 16.8 Å². The molecule has 2 rings (SSSR count). The van der Waals surface area contributed by atoms with Crippen molar-refractivity contribution in [2.24, 2.45) is 0 Å². The molecule has 5 heteroatoms. The predicted molar refractivity (Wildman–Crippen MR) is 68.1 cm³/mol. The van der Waals surface area contributed by atoms with Gasteiger partial charge in [0.1, 0.15) is 0 Å². The van der Waals surface area contributed by atoms with Gasteiger partial charge in [-0.1, -0.05) is 12.1 Å². The first-order chi connectivity index (χ1) is 8.56. The summed E-state index contributed by atoms with van der Waals surface area (Å²) in [6.45, 7) is 1.47. The molecule has 0 spiro atoms. The summed E-state index contributed by atoms with van der Waals surface area (Å²) in [4.78, 5) is 23.0. The van der Waals surface area contributed by atoms with E-state index in [0.717, 1.165) is 0 Å². The van der Waals surface area contributed by atoms with Crippen molar-refractivity contribution in [3.8, 4) is 0 Å². The lowest BCUT2D eigenvalue weighted by Gasteiger charge is -2.04. The third-order valence-corrected chi connectivity index (χ3v) is 2.53. The first-order valence-electron chi connectivity index (χ1n) is 5.24. The Labute approximate surface area is 109 Å². The Morgan fingerprint density at radius 1 is 1.22 bits per heavy atom. The van der Waals surface area contributed by atoms with Gasteiger partial charge in [0.25, 0.3) is 5.91 Å². The summed E-state index contributed by atoms with van der Waals surface area (Å²) in [6, 6.07) is 9.64. The number of nitrogens with one attached hydrogen (secondary N) is 1. The third kappa shape index (κ3) is 2.78. The van der Waals surface area contributed by atoms with E-state index >= 15 is 0 Å². The molecule has 0 aliphatic carbocycles. The molecule has 1 N–H and O–H groups in total. The monoisotopic (exact) mass is 263 g/mol. The highest BCUT2D eigenvalue weighted by atomic mass is 35.5. The van der Waals surface area contributed by atoms with E-state index in [1.807, 2.05) is 0 Å². The van der Waals surface area contributed by atoms with Crippen LogP contribution in [0.4, 0.5) is 5.69 Å². The first kappa shape index (κ1) is 12.4. The molecule has 0 saturated heterocycles. The molecule has 1 heterocycles. The van der Waals surface area contributed by atoms with E-state index in [4.69, 9.17) is 16.0 Å². The SMILES string of the molecule is CC(=O)c1cccc(NC(=O)c2ccc(Cl)o2)c1. The third-order valence-electron chi connectivity index (χ3n) is 2.32. The smallest absolute Gasteiger partial charge is 0.291 e. The van der Waals surface area contributed by atoms with Crippen LogP contribution >= 0.6 is 11.6 Å². The summed E-state index contributed by atoms with van der Waals surface area (Å²) in [5, 5.41) is 2.77. The van der Waals surface area contributed by atoms with Crippen molar-refractivity contribution >= 4 is 29.0 Å². The Morgan fingerprint density at radius 3 is 2.61 bits per heavy atom. The molecule has 0 saturated carbocycles. The number of hydrogen-bond acceptors (Lipinski definition) is 3. The summed E-state index contributed by atoms with van der Waals surface area (Å²) in [5.74, 6) is -0.358. The Bertz CT molecular complexity index is 604. The fourth-order valence-electron chi connectivity index (χ4n) is 1.44. The molecular weight excluding hydrogens is 254 g/mol. The zero-order chi connectivity index (χ0) is 13.1. The topological polar surface area (TPSA) is 59.3 Å². The van der Waals surface area contributed by atoms with E-state index in [0.29, 0.717) is 11.3 Å². The zero-order valence-electron chi connectivity index (χ0n) is 9.57. The number of rotatable bonds is 3. The normalized spacial score (nSPS) is 10.1. The number of halogens is 1. The van der Waals surface area contributed by atoms with Crippen molar-refractivity contribution in [1.82, 2.24) is 0 Å². The quantitative estimate of drug-likeness (QED) is 0.864. The maximum atomic E-state index is 11.8. The molecule has 0 bridgehead atoms. The fraction of sp³-hybridized carbons (Fsp3) is 0.0769. The summed E-state index contributed by atoms with van der Waals surface area (Å²) in [5.41, 5.74) is 1.06. The van der Waals surface area contributed by atoms with Crippen LogP contribution in [-0.4, -0.2) is 11.7 Å². The number of carbonyl (C=O) groups excluding carboxylic acids is 2. The molecule has 0 fully saturated rings. The van der Waals surface area contributed by atoms with E-state index in [1.165, 1.54) is 19.1 Å². The molecule has 2 aromatic rings. The summed E-state index contributed by atoms with van der Waals surface area (Å²) < 4.78 is 4.98. The number of hydrogen-bond donors (Lipinski definition) is 1. The number of ketones is 1. The number of anilines is 1. The average Bonchev–Trinajstić information content (AvgIpc) is 2.76.